The fraction of sp³-hybridized carbons (Fsp3) is 0.333. The number of hydrogen-bond donors (Lipinski definition) is 3. The van der Waals surface area contributed by atoms with Gasteiger partial charge in [0, 0.05) is 0 Å². The van der Waals surface area contributed by atoms with E-state index in [0.29, 0.717) is 0 Å². The topological polar surface area (TPSA) is 92.4 Å². The van der Waals surface area contributed by atoms with Gasteiger partial charge in [0.05, 0.1) is 11.3 Å². The number of nitrogens with one attached hydrogen (secondary N) is 1. The summed E-state index contributed by atoms with van der Waals surface area (Å²) in [4.78, 5) is 22.9. The molecule has 1 atom stereocenters. The number of nitrogen functional groups attached to an aromatic ring is 1. The first-order valence-corrected chi connectivity index (χ1v) is 5.41. The van der Waals surface area contributed by atoms with Crippen molar-refractivity contribution in [3.63, 3.8) is 0 Å². The Morgan fingerprint density at radius 3 is 2.61 bits per heavy atom. The van der Waals surface area contributed by atoms with Crippen molar-refractivity contribution >= 4 is 17.6 Å². The molecule has 5 nitrogen and oxygen atoms in total. The molecule has 4 N–H and O–H groups in total. The average Bonchev–Trinajstić information content (AvgIpc) is 2.32. The molecule has 98 valence electrons. The van der Waals surface area contributed by atoms with E-state index in [-0.39, 0.29) is 17.7 Å². The van der Waals surface area contributed by atoms with Crippen molar-refractivity contribution in [2.45, 2.75) is 25.8 Å². The van der Waals surface area contributed by atoms with Gasteiger partial charge in [0.15, 0.2) is 0 Å². The third-order valence-electron chi connectivity index (χ3n) is 2.87. The maximum Gasteiger partial charge on any atom is 0.329 e. The molecule has 0 bridgehead atoms. The SMILES string of the molecule is CCC(C)(NC(=O)c1cccc(F)c1N)C(=O)O. The Balaban J connectivity index is 3.02. The Hall–Kier alpha value is -2.11. The third kappa shape index (κ3) is 2.58. The van der Waals surface area contributed by atoms with Gasteiger partial charge in [-0.25, -0.2) is 9.18 Å². The van der Waals surface area contributed by atoms with Crippen molar-refractivity contribution in [1.29, 1.82) is 0 Å². The van der Waals surface area contributed by atoms with Gasteiger partial charge < -0.3 is 16.2 Å². The summed E-state index contributed by atoms with van der Waals surface area (Å²) >= 11 is 0. The lowest BCUT2D eigenvalue weighted by Gasteiger charge is -2.24. The minimum absolute atomic E-state index is 0.0732. The van der Waals surface area contributed by atoms with Gasteiger partial charge in [-0.3, -0.25) is 4.79 Å². The summed E-state index contributed by atoms with van der Waals surface area (Å²) in [5.41, 5.74) is 3.66. The van der Waals surface area contributed by atoms with Crippen LogP contribution >= 0.6 is 0 Å². The summed E-state index contributed by atoms with van der Waals surface area (Å²) in [7, 11) is 0. The van der Waals surface area contributed by atoms with E-state index in [4.69, 9.17) is 10.8 Å². The fourth-order valence-corrected chi connectivity index (χ4v) is 1.35. The molecule has 1 unspecified atom stereocenters. The second kappa shape index (κ2) is 5.03. The van der Waals surface area contributed by atoms with E-state index in [0.717, 1.165) is 6.07 Å². The van der Waals surface area contributed by atoms with Crippen LogP contribution in [0.3, 0.4) is 0 Å². The molecule has 1 aromatic carbocycles. The number of hydrogen-bond acceptors (Lipinski definition) is 3. The van der Waals surface area contributed by atoms with Crippen molar-refractivity contribution in [2.75, 3.05) is 5.73 Å². The van der Waals surface area contributed by atoms with E-state index in [1.54, 1.807) is 6.92 Å². The number of carboxylic acids is 1. The predicted molar refractivity (Wildman–Crippen MR) is 64.6 cm³/mol. The number of carbonyl (C=O) groups is 2. The van der Waals surface area contributed by atoms with Crippen LogP contribution in [0.2, 0.25) is 0 Å². The quantitative estimate of drug-likeness (QED) is 0.708. The molecule has 0 aliphatic heterocycles. The molecular weight excluding hydrogens is 239 g/mol. The van der Waals surface area contributed by atoms with Gasteiger partial charge in [0.2, 0.25) is 0 Å². The molecule has 6 heteroatoms. The van der Waals surface area contributed by atoms with Crippen LogP contribution in [-0.4, -0.2) is 22.5 Å². The predicted octanol–water partition coefficient (Wildman–Crippen LogP) is 1.39. The maximum absolute atomic E-state index is 13.2. The molecule has 0 aliphatic carbocycles. The van der Waals surface area contributed by atoms with Crippen LogP contribution < -0.4 is 11.1 Å². The van der Waals surface area contributed by atoms with E-state index in [2.05, 4.69) is 5.32 Å². The molecule has 18 heavy (non-hydrogen) atoms. The van der Waals surface area contributed by atoms with E-state index in [9.17, 15) is 14.0 Å². The number of carbonyl (C=O) groups excluding carboxylic acids is 1. The number of aliphatic carboxylic acids is 1. The first kappa shape index (κ1) is 14.0. The van der Waals surface area contributed by atoms with Crippen LogP contribution in [0.1, 0.15) is 30.6 Å². The number of carboxylic acid groups (broad SMARTS) is 1. The summed E-state index contributed by atoms with van der Waals surface area (Å²) < 4.78 is 13.2. The van der Waals surface area contributed by atoms with Gasteiger partial charge in [-0.1, -0.05) is 13.0 Å². The first-order chi connectivity index (χ1) is 8.31. The average molecular weight is 254 g/mol. The molecule has 1 rings (SSSR count). The first-order valence-electron chi connectivity index (χ1n) is 5.41. The van der Waals surface area contributed by atoms with Crippen LogP contribution in [-0.2, 0) is 4.79 Å². The van der Waals surface area contributed by atoms with Gasteiger partial charge in [-0.05, 0) is 25.5 Å². The van der Waals surface area contributed by atoms with Crippen molar-refractivity contribution in [3.8, 4) is 0 Å². The van der Waals surface area contributed by atoms with E-state index in [1.807, 2.05) is 0 Å². The molecule has 0 saturated heterocycles. The Kier molecular flexibility index (Phi) is 3.90. The molecule has 0 saturated carbocycles. The van der Waals surface area contributed by atoms with E-state index in [1.165, 1.54) is 19.1 Å². The monoisotopic (exact) mass is 254 g/mol. The zero-order chi connectivity index (χ0) is 13.9. The summed E-state index contributed by atoms with van der Waals surface area (Å²) in [6, 6.07) is 3.80. The molecule has 0 aliphatic rings. The Labute approximate surface area is 104 Å². The van der Waals surface area contributed by atoms with E-state index >= 15 is 0 Å². The lowest BCUT2D eigenvalue weighted by atomic mass is 9.98. The molecule has 1 amide bonds. The molecule has 0 spiro atoms. The highest BCUT2D eigenvalue weighted by molar-refractivity contribution is 6.01. The summed E-state index contributed by atoms with van der Waals surface area (Å²) in [5.74, 6) is -2.58. The highest BCUT2D eigenvalue weighted by atomic mass is 19.1. The van der Waals surface area contributed by atoms with Gasteiger partial charge in [-0.2, -0.15) is 0 Å². The Morgan fingerprint density at radius 1 is 1.50 bits per heavy atom. The third-order valence-corrected chi connectivity index (χ3v) is 2.87. The number of para-hydroxylation sites is 1. The van der Waals surface area contributed by atoms with E-state index < -0.39 is 23.2 Å². The summed E-state index contributed by atoms with van der Waals surface area (Å²) in [6.07, 6.45) is 0.198. The maximum atomic E-state index is 13.2. The lowest BCUT2D eigenvalue weighted by molar-refractivity contribution is -0.143. The van der Waals surface area contributed by atoms with Crippen LogP contribution in [0.25, 0.3) is 0 Å². The normalized spacial score (nSPS) is 13.7. The molecular formula is C12H15FN2O3. The number of benzene rings is 1. The van der Waals surface area contributed by atoms with Crippen molar-refractivity contribution in [3.05, 3.63) is 29.6 Å². The fourth-order valence-electron chi connectivity index (χ4n) is 1.35. The Bertz CT molecular complexity index is 490. The highest BCUT2D eigenvalue weighted by Gasteiger charge is 2.33. The zero-order valence-electron chi connectivity index (χ0n) is 10.2. The highest BCUT2D eigenvalue weighted by Crippen LogP contribution is 2.18. The number of anilines is 1. The van der Waals surface area contributed by atoms with Crippen LogP contribution in [0, 0.1) is 5.82 Å². The van der Waals surface area contributed by atoms with Gasteiger partial charge >= 0.3 is 5.97 Å². The second-order valence-corrected chi connectivity index (χ2v) is 4.15. The van der Waals surface area contributed by atoms with Crippen molar-refractivity contribution in [2.24, 2.45) is 0 Å². The van der Waals surface area contributed by atoms with Crippen molar-refractivity contribution < 1.29 is 19.1 Å². The van der Waals surface area contributed by atoms with Crippen LogP contribution in [0.4, 0.5) is 10.1 Å². The lowest BCUT2D eigenvalue weighted by Crippen LogP contribution is -2.51. The summed E-state index contributed by atoms with van der Waals surface area (Å²) in [6.45, 7) is 3.01. The molecule has 0 fully saturated rings. The zero-order valence-corrected chi connectivity index (χ0v) is 10.2. The Morgan fingerprint density at radius 2 is 2.11 bits per heavy atom. The van der Waals surface area contributed by atoms with Gasteiger partial charge in [0.25, 0.3) is 5.91 Å². The molecule has 0 radical (unpaired) electrons. The number of amides is 1. The van der Waals surface area contributed by atoms with Crippen molar-refractivity contribution in [1.82, 2.24) is 5.32 Å². The van der Waals surface area contributed by atoms with Gasteiger partial charge in [0.1, 0.15) is 11.4 Å². The largest absolute Gasteiger partial charge is 0.480 e. The molecule has 0 aromatic heterocycles. The molecule has 1 aromatic rings. The standard InChI is InChI=1S/C12H15FN2O3/c1-3-12(2,11(17)18)15-10(16)7-5-4-6-8(13)9(7)14/h4-6H,3,14H2,1-2H3,(H,15,16)(H,17,18). The summed E-state index contributed by atoms with van der Waals surface area (Å²) in [5, 5.41) is 11.4. The second-order valence-electron chi connectivity index (χ2n) is 4.15. The van der Waals surface area contributed by atoms with Crippen LogP contribution in [0.15, 0.2) is 18.2 Å². The minimum Gasteiger partial charge on any atom is -0.480 e. The van der Waals surface area contributed by atoms with Crippen LogP contribution in [0.5, 0.6) is 0 Å². The number of rotatable bonds is 4. The van der Waals surface area contributed by atoms with Gasteiger partial charge in [-0.15, -0.1) is 0 Å². The smallest absolute Gasteiger partial charge is 0.329 e. The molecule has 0 heterocycles. The minimum atomic E-state index is -1.41. The number of halogens is 1. The number of nitrogens with two attached hydrogens (primary N) is 1.